The number of nitrogens with one attached hydrogen (secondary N) is 1. The number of hydrogen-bond donors (Lipinski definition) is 1. The lowest BCUT2D eigenvalue weighted by Gasteiger charge is -2.19. The Labute approximate surface area is 163 Å². The van der Waals surface area contributed by atoms with Crippen LogP contribution in [-0.2, 0) is 26.2 Å². The number of ether oxygens (including phenoxy) is 1. The summed E-state index contributed by atoms with van der Waals surface area (Å²) in [6, 6.07) is 11.2. The van der Waals surface area contributed by atoms with E-state index in [-0.39, 0.29) is 11.8 Å². The molecule has 0 unspecified atom stereocenters. The summed E-state index contributed by atoms with van der Waals surface area (Å²) < 4.78 is 32.2. The van der Waals surface area contributed by atoms with Crippen molar-refractivity contribution < 1.29 is 23.1 Å². The van der Waals surface area contributed by atoms with Crippen LogP contribution in [0.1, 0.15) is 45.2 Å². The van der Waals surface area contributed by atoms with Crippen molar-refractivity contribution in [1.29, 1.82) is 0 Å². The molecule has 1 amide bonds. The predicted octanol–water partition coefficient (Wildman–Crippen LogP) is 4.77. The van der Waals surface area contributed by atoms with Gasteiger partial charge in [0, 0.05) is 6.42 Å². The molecule has 0 saturated heterocycles. The molecular formula is C22H25F2NO3. The molecule has 2 aromatic rings. The quantitative estimate of drug-likeness (QED) is 0.725. The van der Waals surface area contributed by atoms with Crippen molar-refractivity contribution in [3.8, 4) is 0 Å². The van der Waals surface area contributed by atoms with Crippen LogP contribution in [0.5, 0.6) is 0 Å². The largest absolute Gasteiger partial charge is 0.453 e. The summed E-state index contributed by atoms with van der Waals surface area (Å²) in [5.74, 6) is -3.15. The molecule has 4 nitrogen and oxygen atoms in total. The van der Waals surface area contributed by atoms with Gasteiger partial charge in [-0.05, 0) is 42.0 Å². The molecule has 0 aliphatic carbocycles. The molecule has 6 heteroatoms. The topological polar surface area (TPSA) is 55.4 Å². The van der Waals surface area contributed by atoms with E-state index in [1.165, 1.54) is 18.6 Å². The van der Waals surface area contributed by atoms with Crippen LogP contribution in [0.3, 0.4) is 0 Å². The number of benzene rings is 2. The van der Waals surface area contributed by atoms with Crippen LogP contribution in [0.2, 0.25) is 0 Å². The first kappa shape index (κ1) is 21.5. The van der Waals surface area contributed by atoms with Crippen molar-refractivity contribution in [2.24, 2.45) is 0 Å². The molecule has 0 aliphatic rings. The molecule has 1 atom stereocenters. The third kappa shape index (κ3) is 5.87. The molecule has 0 radical (unpaired) electrons. The van der Waals surface area contributed by atoms with Crippen molar-refractivity contribution in [3.63, 3.8) is 0 Å². The number of esters is 1. The van der Waals surface area contributed by atoms with E-state index in [1.54, 1.807) is 0 Å². The SMILES string of the molecule is C[C@@H](OC(=O)CCc1ccc(C(C)(C)C)cc1)C(=O)Nc1c(F)cccc1F. The van der Waals surface area contributed by atoms with Crippen molar-refractivity contribution in [2.75, 3.05) is 5.32 Å². The summed E-state index contributed by atoms with van der Waals surface area (Å²) in [5, 5.41) is 2.11. The maximum atomic E-state index is 13.6. The smallest absolute Gasteiger partial charge is 0.306 e. The van der Waals surface area contributed by atoms with Crippen molar-refractivity contribution in [3.05, 3.63) is 65.2 Å². The third-order valence-corrected chi connectivity index (χ3v) is 4.33. The second kappa shape index (κ2) is 8.95. The molecule has 2 aromatic carbocycles. The minimum atomic E-state index is -1.17. The zero-order valence-corrected chi connectivity index (χ0v) is 16.5. The molecule has 0 fully saturated rings. The third-order valence-electron chi connectivity index (χ3n) is 4.33. The Kier molecular flexibility index (Phi) is 6.89. The first-order valence-corrected chi connectivity index (χ1v) is 9.11. The maximum Gasteiger partial charge on any atom is 0.306 e. The van der Waals surface area contributed by atoms with E-state index in [2.05, 4.69) is 26.1 Å². The molecule has 0 spiro atoms. The van der Waals surface area contributed by atoms with Gasteiger partial charge < -0.3 is 10.1 Å². The van der Waals surface area contributed by atoms with Gasteiger partial charge in [-0.3, -0.25) is 9.59 Å². The van der Waals surface area contributed by atoms with Crippen LogP contribution >= 0.6 is 0 Å². The molecule has 1 N–H and O–H groups in total. The van der Waals surface area contributed by atoms with Gasteiger partial charge in [0.05, 0.1) is 0 Å². The number of halogens is 2. The highest BCUT2D eigenvalue weighted by Crippen LogP contribution is 2.22. The number of para-hydroxylation sites is 1. The van der Waals surface area contributed by atoms with Crippen LogP contribution in [0.25, 0.3) is 0 Å². The number of carbonyl (C=O) groups is 2. The van der Waals surface area contributed by atoms with Gasteiger partial charge in [0.2, 0.25) is 0 Å². The van der Waals surface area contributed by atoms with E-state index in [0.717, 1.165) is 17.7 Å². The van der Waals surface area contributed by atoms with Gasteiger partial charge >= 0.3 is 5.97 Å². The van der Waals surface area contributed by atoms with Gasteiger partial charge in [-0.15, -0.1) is 0 Å². The zero-order chi connectivity index (χ0) is 20.9. The Morgan fingerprint density at radius 1 is 1.04 bits per heavy atom. The molecule has 28 heavy (non-hydrogen) atoms. The Morgan fingerprint density at radius 3 is 2.14 bits per heavy atom. The van der Waals surface area contributed by atoms with E-state index >= 15 is 0 Å². The standard InChI is InChI=1S/C22H25F2NO3/c1-14(21(27)25-20-17(23)6-5-7-18(20)24)28-19(26)13-10-15-8-11-16(12-9-15)22(2,3)4/h5-9,11-12,14H,10,13H2,1-4H3,(H,25,27)/t14-/m1/s1. The molecule has 0 saturated carbocycles. The van der Waals surface area contributed by atoms with Gasteiger partial charge in [-0.25, -0.2) is 8.78 Å². The fourth-order valence-electron chi connectivity index (χ4n) is 2.57. The van der Waals surface area contributed by atoms with E-state index in [1.807, 2.05) is 24.3 Å². The van der Waals surface area contributed by atoms with Gasteiger partial charge in [0.1, 0.15) is 17.3 Å². The number of hydrogen-bond acceptors (Lipinski definition) is 3. The molecule has 0 aromatic heterocycles. The highest BCUT2D eigenvalue weighted by Gasteiger charge is 2.21. The summed E-state index contributed by atoms with van der Waals surface area (Å²) >= 11 is 0. The second-order valence-corrected chi connectivity index (χ2v) is 7.66. The molecule has 0 heterocycles. The molecule has 150 valence electrons. The summed E-state index contributed by atoms with van der Waals surface area (Å²) in [6.07, 6.45) is -0.602. The monoisotopic (exact) mass is 389 g/mol. The average Bonchev–Trinajstić information content (AvgIpc) is 2.62. The molecule has 0 bridgehead atoms. The maximum absolute atomic E-state index is 13.6. The highest BCUT2D eigenvalue weighted by atomic mass is 19.1. The average molecular weight is 389 g/mol. The Bertz CT molecular complexity index is 822. The van der Waals surface area contributed by atoms with E-state index < -0.39 is 35.3 Å². The molecular weight excluding hydrogens is 364 g/mol. The van der Waals surface area contributed by atoms with E-state index in [4.69, 9.17) is 4.74 Å². The normalized spacial score (nSPS) is 12.4. The number of rotatable bonds is 6. The number of amides is 1. The van der Waals surface area contributed by atoms with Crippen LogP contribution < -0.4 is 5.32 Å². The highest BCUT2D eigenvalue weighted by molar-refractivity contribution is 5.95. The Morgan fingerprint density at radius 2 is 1.61 bits per heavy atom. The van der Waals surface area contributed by atoms with Crippen molar-refractivity contribution in [2.45, 2.75) is 52.1 Å². The Hall–Kier alpha value is -2.76. The number of carbonyl (C=O) groups excluding carboxylic acids is 2. The summed E-state index contributed by atoms with van der Waals surface area (Å²) in [5.41, 5.74) is 1.67. The zero-order valence-electron chi connectivity index (χ0n) is 16.5. The van der Waals surface area contributed by atoms with Gasteiger partial charge in [-0.2, -0.15) is 0 Å². The minimum absolute atomic E-state index is 0.0535. The summed E-state index contributed by atoms with van der Waals surface area (Å²) in [7, 11) is 0. The first-order chi connectivity index (χ1) is 13.1. The van der Waals surface area contributed by atoms with Gasteiger partial charge in [0.15, 0.2) is 6.10 Å². The first-order valence-electron chi connectivity index (χ1n) is 9.11. The van der Waals surface area contributed by atoms with Gasteiger partial charge in [-0.1, -0.05) is 51.1 Å². The minimum Gasteiger partial charge on any atom is -0.453 e. The lowest BCUT2D eigenvalue weighted by molar-refractivity contribution is -0.153. The Balaban J connectivity index is 1.86. The molecule has 0 aliphatic heterocycles. The van der Waals surface area contributed by atoms with Crippen molar-refractivity contribution >= 4 is 17.6 Å². The van der Waals surface area contributed by atoms with Crippen LogP contribution in [0, 0.1) is 11.6 Å². The summed E-state index contributed by atoms with van der Waals surface area (Å²) in [6.45, 7) is 7.72. The van der Waals surface area contributed by atoms with Crippen molar-refractivity contribution in [1.82, 2.24) is 0 Å². The van der Waals surface area contributed by atoms with Crippen LogP contribution in [0.15, 0.2) is 42.5 Å². The number of aryl methyl sites for hydroxylation is 1. The van der Waals surface area contributed by atoms with E-state index in [9.17, 15) is 18.4 Å². The molecule has 2 rings (SSSR count). The van der Waals surface area contributed by atoms with Crippen LogP contribution in [-0.4, -0.2) is 18.0 Å². The van der Waals surface area contributed by atoms with Gasteiger partial charge in [0.25, 0.3) is 5.91 Å². The predicted molar refractivity (Wildman–Crippen MR) is 104 cm³/mol. The van der Waals surface area contributed by atoms with E-state index in [0.29, 0.717) is 6.42 Å². The fourth-order valence-corrected chi connectivity index (χ4v) is 2.57. The fraction of sp³-hybridized carbons (Fsp3) is 0.364. The second-order valence-electron chi connectivity index (χ2n) is 7.66. The lowest BCUT2D eigenvalue weighted by atomic mass is 9.86. The lowest BCUT2D eigenvalue weighted by Crippen LogP contribution is -2.30. The van der Waals surface area contributed by atoms with Crippen LogP contribution in [0.4, 0.5) is 14.5 Å². The summed E-state index contributed by atoms with van der Waals surface area (Å²) in [4.78, 5) is 24.0. The number of anilines is 1.